The molecule has 11 heavy (non-hydrogen) atoms. The quantitative estimate of drug-likeness (QED) is 0.609. The van der Waals surface area contributed by atoms with Gasteiger partial charge in [-0.05, 0) is 19.4 Å². The molecule has 1 aliphatic heterocycles. The van der Waals surface area contributed by atoms with Gasteiger partial charge in [0.05, 0.1) is 0 Å². The first-order chi connectivity index (χ1) is 5.43. The third-order valence-corrected chi connectivity index (χ3v) is 2.00. The molecule has 3 nitrogen and oxygen atoms in total. The number of aliphatic hydroxyl groups excluding tert-OH is 1. The second kappa shape index (κ2) is 5.52. The maximum Gasteiger partial charge on any atom is 0.0443 e. The van der Waals surface area contributed by atoms with Gasteiger partial charge in [0.2, 0.25) is 0 Å². The first-order valence-corrected chi connectivity index (χ1v) is 4.40. The van der Waals surface area contributed by atoms with Crippen LogP contribution in [-0.2, 0) is 0 Å². The van der Waals surface area contributed by atoms with Crippen LogP contribution >= 0.6 is 0 Å². The smallest absolute Gasteiger partial charge is 0.0443 e. The van der Waals surface area contributed by atoms with Crippen LogP contribution in [0.15, 0.2) is 0 Å². The van der Waals surface area contributed by atoms with E-state index < -0.39 is 0 Å². The Bertz CT molecular complexity index is 90.1. The SMILES string of the molecule is OCCCN1CCC[N]CC1. The Morgan fingerprint density at radius 3 is 3.00 bits per heavy atom. The van der Waals surface area contributed by atoms with E-state index in [0.29, 0.717) is 6.61 Å². The molecule has 0 saturated carbocycles. The van der Waals surface area contributed by atoms with Gasteiger partial charge < -0.3 is 10.0 Å². The summed E-state index contributed by atoms with van der Waals surface area (Å²) < 4.78 is 0. The van der Waals surface area contributed by atoms with Crippen LogP contribution in [0.25, 0.3) is 0 Å². The fourth-order valence-corrected chi connectivity index (χ4v) is 1.36. The van der Waals surface area contributed by atoms with E-state index in [9.17, 15) is 0 Å². The second-order valence-electron chi connectivity index (χ2n) is 2.94. The van der Waals surface area contributed by atoms with Crippen molar-refractivity contribution in [3.63, 3.8) is 0 Å². The van der Waals surface area contributed by atoms with Crippen LogP contribution in [0.4, 0.5) is 0 Å². The van der Waals surface area contributed by atoms with Crippen LogP contribution < -0.4 is 5.32 Å². The molecule has 0 amide bonds. The molecule has 1 aliphatic rings. The average molecular weight is 157 g/mol. The van der Waals surface area contributed by atoms with E-state index >= 15 is 0 Å². The van der Waals surface area contributed by atoms with Gasteiger partial charge in [-0.2, -0.15) is 0 Å². The molecule has 0 aliphatic carbocycles. The summed E-state index contributed by atoms with van der Waals surface area (Å²) in [6, 6.07) is 0. The van der Waals surface area contributed by atoms with Crippen molar-refractivity contribution in [2.75, 3.05) is 39.3 Å². The molecule has 0 aromatic rings. The Morgan fingerprint density at radius 2 is 2.18 bits per heavy atom. The normalized spacial score (nSPS) is 21.5. The Balaban J connectivity index is 2.09. The molecule has 0 unspecified atom stereocenters. The van der Waals surface area contributed by atoms with E-state index in [4.69, 9.17) is 5.11 Å². The number of rotatable bonds is 3. The van der Waals surface area contributed by atoms with Gasteiger partial charge in [-0.3, -0.25) is 0 Å². The van der Waals surface area contributed by atoms with Crippen molar-refractivity contribution in [3.05, 3.63) is 0 Å². The van der Waals surface area contributed by atoms with Crippen molar-refractivity contribution in [1.82, 2.24) is 10.2 Å². The predicted molar refractivity (Wildman–Crippen MR) is 44.6 cm³/mol. The molecule has 1 heterocycles. The minimum absolute atomic E-state index is 0.313. The maximum absolute atomic E-state index is 8.62. The van der Waals surface area contributed by atoms with Gasteiger partial charge in [0.1, 0.15) is 0 Å². The highest BCUT2D eigenvalue weighted by molar-refractivity contribution is 4.64. The first kappa shape index (κ1) is 8.97. The summed E-state index contributed by atoms with van der Waals surface area (Å²) in [6.07, 6.45) is 2.09. The number of nitrogens with zero attached hydrogens (tertiary/aromatic N) is 2. The lowest BCUT2D eigenvalue weighted by Gasteiger charge is -2.17. The maximum atomic E-state index is 8.62. The molecule has 1 rings (SSSR count). The lowest BCUT2D eigenvalue weighted by atomic mass is 10.3. The Hall–Kier alpha value is -0.120. The lowest BCUT2D eigenvalue weighted by Crippen LogP contribution is -2.28. The molecule has 65 valence electrons. The summed E-state index contributed by atoms with van der Waals surface area (Å²) in [5, 5.41) is 12.9. The molecule has 1 radical (unpaired) electrons. The van der Waals surface area contributed by atoms with Gasteiger partial charge in [-0.25, -0.2) is 5.32 Å². The summed E-state index contributed by atoms with van der Waals surface area (Å²) >= 11 is 0. The van der Waals surface area contributed by atoms with E-state index in [1.165, 1.54) is 6.42 Å². The molecule has 0 spiro atoms. The van der Waals surface area contributed by atoms with Crippen molar-refractivity contribution < 1.29 is 5.11 Å². The summed E-state index contributed by atoms with van der Waals surface area (Å²) in [4.78, 5) is 2.38. The van der Waals surface area contributed by atoms with Gasteiger partial charge in [-0.1, -0.05) is 0 Å². The minimum atomic E-state index is 0.313. The summed E-state index contributed by atoms with van der Waals surface area (Å²) in [5.74, 6) is 0. The molecule has 0 bridgehead atoms. The van der Waals surface area contributed by atoms with E-state index in [1.54, 1.807) is 0 Å². The Morgan fingerprint density at radius 1 is 1.27 bits per heavy atom. The van der Waals surface area contributed by atoms with Gasteiger partial charge >= 0.3 is 0 Å². The van der Waals surface area contributed by atoms with Crippen molar-refractivity contribution >= 4 is 0 Å². The molecule has 0 atom stereocenters. The minimum Gasteiger partial charge on any atom is -0.396 e. The van der Waals surface area contributed by atoms with Crippen LogP contribution in [0.3, 0.4) is 0 Å². The lowest BCUT2D eigenvalue weighted by molar-refractivity contribution is 0.232. The molecule has 1 fully saturated rings. The number of hydrogen-bond donors (Lipinski definition) is 1. The van der Waals surface area contributed by atoms with Gasteiger partial charge in [0.15, 0.2) is 0 Å². The second-order valence-corrected chi connectivity index (χ2v) is 2.94. The van der Waals surface area contributed by atoms with Crippen LogP contribution in [0.1, 0.15) is 12.8 Å². The van der Waals surface area contributed by atoms with Crippen molar-refractivity contribution in [2.45, 2.75) is 12.8 Å². The molecular weight excluding hydrogens is 140 g/mol. The van der Waals surface area contributed by atoms with Gasteiger partial charge in [-0.15, -0.1) is 0 Å². The zero-order chi connectivity index (χ0) is 7.94. The highest BCUT2D eigenvalue weighted by atomic mass is 16.3. The monoisotopic (exact) mass is 157 g/mol. The van der Waals surface area contributed by atoms with E-state index in [2.05, 4.69) is 10.2 Å². The number of aliphatic hydroxyl groups is 1. The summed E-state index contributed by atoms with van der Waals surface area (Å²) in [6.45, 7) is 5.59. The third kappa shape index (κ3) is 3.70. The van der Waals surface area contributed by atoms with Crippen LogP contribution in [0.5, 0.6) is 0 Å². The highest BCUT2D eigenvalue weighted by Gasteiger charge is 2.07. The molecule has 1 saturated heterocycles. The molecular formula is C8H17N2O. The van der Waals surface area contributed by atoms with Crippen molar-refractivity contribution in [3.8, 4) is 0 Å². The highest BCUT2D eigenvalue weighted by Crippen LogP contribution is 1.96. The van der Waals surface area contributed by atoms with E-state index in [0.717, 1.165) is 39.1 Å². The fourth-order valence-electron chi connectivity index (χ4n) is 1.36. The molecule has 1 N–H and O–H groups in total. The van der Waals surface area contributed by atoms with Crippen molar-refractivity contribution in [1.29, 1.82) is 0 Å². The fraction of sp³-hybridized carbons (Fsp3) is 1.00. The van der Waals surface area contributed by atoms with Crippen molar-refractivity contribution in [2.24, 2.45) is 0 Å². The zero-order valence-electron chi connectivity index (χ0n) is 7.00. The first-order valence-electron chi connectivity index (χ1n) is 4.40. The third-order valence-electron chi connectivity index (χ3n) is 2.00. The van der Waals surface area contributed by atoms with Gasteiger partial charge in [0, 0.05) is 32.8 Å². The summed E-state index contributed by atoms with van der Waals surface area (Å²) in [7, 11) is 0. The van der Waals surface area contributed by atoms with Gasteiger partial charge in [0.25, 0.3) is 0 Å². The topological polar surface area (TPSA) is 37.6 Å². The molecule has 0 aromatic heterocycles. The van der Waals surface area contributed by atoms with Crippen LogP contribution in [-0.4, -0.2) is 49.3 Å². The van der Waals surface area contributed by atoms with E-state index in [-0.39, 0.29) is 0 Å². The zero-order valence-corrected chi connectivity index (χ0v) is 7.00. The van der Waals surface area contributed by atoms with Crippen LogP contribution in [0, 0.1) is 0 Å². The van der Waals surface area contributed by atoms with Crippen LogP contribution in [0.2, 0.25) is 0 Å². The largest absolute Gasteiger partial charge is 0.396 e. The standard InChI is InChI=1S/C8H17N2O/c11-8-2-6-10-5-1-3-9-4-7-10/h11H,1-8H2. The average Bonchev–Trinajstić information content (AvgIpc) is 2.28. The summed E-state index contributed by atoms with van der Waals surface area (Å²) in [5.41, 5.74) is 0. The van der Waals surface area contributed by atoms with E-state index in [1.807, 2.05) is 0 Å². The molecule has 0 aromatic carbocycles. The Kier molecular flexibility index (Phi) is 4.50. The number of hydrogen-bond acceptors (Lipinski definition) is 2. The Labute approximate surface area is 68.4 Å². The molecule has 3 heteroatoms. The predicted octanol–water partition coefficient (Wildman–Crippen LogP) is -0.321.